The van der Waals surface area contributed by atoms with Gasteiger partial charge >= 0.3 is 0 Å². The van der Waals surface area contributed by atoms with E-state index in [0.29, 0.717) is 34.9 Å². The van der Waals surface area contributed by atoms with Crippen LogP contribution in [0.2, 0.25) is 5.02 Å². The van der Waals surface area contributed by atoms with E-state index in [1.807, 2.05) is 35.0 Å². The Hall–Kier alpha value is -2.68. The Morgan fingerprint density at radius 2 is 1.84 bits per heavy atom. The Kier molecular flexibility index (Phi) is 7.70. The van der Waals surface area contributed by atoms with Crippen molar-refractivity contribution < 1.29 is 9.53 Å². The zero-order valence-electron chi connectivity index (χ0n) is 22.0. The lowest BCUT2D eigenvalue weighted by atomic mass is 9.79. The van der Waals surface area contributed by atoms with Crippen LogP contribution in [-0.2, 0) is 0 Å². The summed E-state index contributed by atoms with van der Waals surface area (Å²) in [5.74, 6) is 0.922. The first kappa shape index (κ1) is 25.9. The monoisotopic (exact) mass is 524 g/mol. The summed E-state index contributed by atoms with van der Waals surface area (Å²) < 4.78 is 7.01. The molecular weight excluding hydrogens is 488 g/mol. The molecule has 8 nitrogen and oxygen atoms in total. The first-order chi connectivity index (χ1) is 17.9. The number of piperazine rings is 1. The summed E-state index contributed by atoms with van der Waals surface area (Å²) in [6.07, 6.45) is 7.76. The molecule has 1 aromatic carbocycles. The summed E-state index contributed by atoms with van der Waals surface area (Å²) >= 11 is 6.63. The summed E-state index contributed by atoms with van der Waals surface area (Å²) in [6, 6.07) is 9.80. The third kappa shape index (κ3) is 5.19. The zero-order valence-corrected chi connectivity index (χ0v) is 22.8. The van der Waals surface area contributed by atoms with E-state index < -0.39 is 0 Å². The molecule has 37 heavy (non-hydrogen) atoms. The fourth-order valence-corrected chi connectivity index (χ4v) is 6.29. The van der Waals surface area contributed by atoms with E-state index in [0.717, 1.165) is 49.9 Å². The molecule has 5 rings (SSSR count). The van der Waals surface area contributed by atoms with Crippen LogP contribution in [0.15, 0.2) is 36.5 Å². The van der Waals surface area contributed by atoms with Gasteiger partial charge in [0.15, 0.2) is 5.82 Å². The van der Waals surface area contributed by atoms with Crippen LogP contribution < -0.4 is 10.1 Å². The number of carbonyl (C=O) groups is 1. The highest BCUT2D eigenvalue weighted by Gasteiger charge is 2.40. The number of benzene rings is 1. The van der Waals surface area contributed by atoms with E-state index >= 15 is 0 Å². The fraction of sp³-hybridized carbons (Fsp3) is 0.536. The minimum Gasteiger partial charge on any atom is -0.480 e. The summed E-state index contributed by atoms with van der Waals surface area (Å²) in [5, 5.41) is 13.0. The van der Waals surface area contributed by atoms with Crippen LogP contribution in [0.3, 0.4) is 0 Å². The van der Waals surface area contributed by atoms with Crippen molar-refractivity contribution in [3.8, 4) is 11.7 Å². The number of fused-ring (bicyclic) bond motifs is 1. The highest BCUT2D eigenvalue weighted by molar-refractivity contribution is 6.37. The average Bonchev–Trinajstić information content (AvgIpc) is 3.33. The summed E-state index contributed by atoms with van der Waals surface area (Å²) in [6.45, 7) is 9.45. The molecule has 2 fully saturated rings. The lowest BCUT2D eigenvalue weighted by molar-refractivity contribution is 0.000839. The number of halogens is 1. The molecule has 2 aliphatic rings. The molecule has 1 aliphatic heterocycles. The lowest BCUT2D eigenvalue weighted by Crippen LogP contribution is -2.62. The van der Waals surface area contributed by atoms with Gasteiger partial charge in [-0.05, 0) is 44.9 Å². The zero-order chi connectivity index (χ0) is 26.0. The Morgan fingerprint density at radius 3 is 2.49 bits per heavy atom. The number of nitrogens with one attached hydrogen (secondary N) is 1. The van der Waals surface area contributed by atoms with E-state index in [1.54, 1.807) is 13.2 Å². The third-order valence-corrected chi connectivity index (χ3v) is 8.50. The predicted molar refractivity (Wildman–Crippen MR) is 147 cm³/mol. The van der Waals surface area contributed by atoms with Gasteiger partial charge in [-0.15, -0.1) is 10.2 Å². The number of hydrogen-bond acceptors (Lipinski definition) is 6. The van der Waals surface area contributed by atoms with Gasteiger partial charge in [0.1, 0.15) is 0 Å². The van der Waals surface area contributed by atoms with Crippen LogP contribution in [0.5, 0.6) is 5.88 Å². The largest absolute Gasteiger partial charge is 0.480 e. The molecule has 0 spiro atoms. The minimum atomic E-state index is -0.107. The molecule has 9 heteroatoms. The molecule has 0 atom stereocenters. The quantitative estimate of drug-likeness (QED) is 0.489. The first-order valence-electron chi connectivity index (χ1n) is 13.4. The Labute approximate surface area is 223 Å². The molecule has 1 N–H and O–H groups in total. The van der Waals surface area contributed by atoms with Crippen LogP contribution in [0.4, 0.5) is 0 Å². The average molecular weight is 525 g/mol. The maximum atomic E-state index is 13.7. The van der Waals surface area contributed by atoms with E-state index in [1.165, 1.54) is 19.3 Å². The van der Waals surface area contributed by atoms with Gasteiger partial charge in [-0.2, -0.15) is 0 Å². The molecular formula is C28H37ClN6O2. The molecule has 1 aliphatic carbocycles. The molecule has 0 unspecified atom stereocenters. The summed E-state index contributed by atoms with van der Waals surface area (Å²) in [7, 11) is 1.56. The smallest absolute Gasteiger partial charge is 0.253 e. The Morgan fingerprint density at radius 1 is 1.08 bits per heavy atom. The van der Waals surface area contributed by atoms with Crippen molar-refractivity contribution in [3.63, 3.8) is 0 Å². The topological polar surface area (TPSA) is 75.5 Å². The maximum absolute atomic E-state index is 13.7. The van der Waals surface area contributed by atoms with Crippen molar-refractivity contribution >= 4 is 28.4 Å². The fourth-order valence-electron chi connectivity index (χ4n) is 6.02. The summed E-state index contributed by atoms with van der Waals surface area (Å²) in [4.78, 5) is 18.9. The van der Waals surface area contributed by atoms with Crippen molar-refractivity contribution in [2.24, 2.45) is 0 Å². The second-order valence-electron chi connectivity index (χ2n) is 10.6. The second kappa shape index (κ2) is 11.0. The maximum Gasteiger partial charge on any atom is 0.253 e. The molecule has 1 saturated heterocycles. The molecule has 198 valence electrons. The highest BCUT2D eigenvalue weighted by atomic mass is 35.5. The number of ether oxygens (including phenoxy) is 1. The number of aromatic nitrogens is 3. The predicted octanol–water partition coefficient (Wildman–Crippen LogP) is 4.54. The van der Waals surface area contributed by atoms with Gasteiger partial charge in [-0.3, -0.25) is 19.2 Å². The number of methoxy groups -OCH3 is 1. The van der Waals surface area contributed by atoms with E-state index in [9.17, 15) is 4.79 Å². The van der Waals surface area contributed by atoms with Crippen molar-refractivity contribution in [2.75, 3.05) is 39.8 Å². The van der Waals surface area contributed by atoms with Crippen molar-refractivity contribution in [2.45, 2.75) is 57.5 Å². The van der Waals surface area contributed by atoms with Gasteiger partial charge in [0.2, 0.25) is 5.88 Å². The van der Waals surface area contributed by atoms with Crippen LogP contribution in [-0.4, -0.2) is 81.9 Å². The number of carbonyl (C=O) groups excluding carboxylic acids is 1. The van der Waals surface area contributed by atoms with Gasteiger partial charge in [0, 0.05) is 62.0 Å². The van der Waals surface area contributed by atoms with Crippen LogP contribution in [0.1, 0.15) is 56.3 Å². The first-order valence-corrected chi connectivity index (χ1v) is 13.7. The molecule has 1 amide bonds. The SMILES string of the molecule is COc1ccc(-n2cc(C(=O)NCC3(N4CCN(C(C)C)CC4)CCCCC3)c3c(Cl)cccc32)nn1. The standard InChI is InChI=1S/C28H37ClN6O2/c1-20(2)33-14-16-34(17-15-33)28(12-5-4-6-13-28)19-30-27(36)21-18-35(23-9-7-8-22(29)26(21)23)24-10-11-25(37-3)32-31-24/h7-11,18,20H,4-6,12-17,19H2,1-3H3,(H,30,36). The lowest BCUT2D eigenvalue weighted by Gasteiger charge is -2.50. The van der Waals surface area contributed by atoms with Gasteiger partial charge in [-0.25, -0.2) is 0 Å². The minimum absolute atomic E-state index is 0.0145. The van der Waals surface area contributed by atoms with Crippen molar-refractivity contribution in [1.29, 1.82) is 0 Å². The number of nitrogens with zero attached hydrogens (tertiary/aromatic N) is 5. The molecule has 3 heterocycles. The Bertz CT molecular complexity index is 1230. The number of rotatable bonds is 7. The number of amides is 1. The van der Waals surface area contributed by atoms with Gasteiger partial charge in [0.25, 0.3) is 5.91 Å². The van der Waals surface area contributed by atoms with Crippen molar-refractivity contribution in [1.82, 2.24) is 29.9 Å². The summed E-state index contributed by atoms with van der Waals surface area (Å²) in [5.41, 5.74) is 1.38. The van der Waals surface area contributed by atoms with Crippen LogP contribution >= 0.6 is 11.6 Å². The molecule has 0 radical (unpaired) electrons. The highest BCUT2D eigenvalue weighted by Crippen LogP contribution is 2.35. The van der Waals surface area contributed by atoms with E-state index in [2.05, 4.69) is 39.2 Å². The van der Waals surface area contributed by atoms with Gasteiger partial charge in [0.05, 0.1) is 23.2 Å². The number of hydrogen-bond donors (Lipinski definition) is 1. The molecule has 3 aromatic rings. The van der Waals surface area contributed by atoms with Gasteiger partial charge in [-0.1, -0.05) is 36.9 Å². The van der Waals surface area contributed by atoms with E-state index in [4.69, 9.17) is 16.3 Å². The van der Waals surface area contributed by atoms with Gasteiger partial charge < -0.3 is 10.1 Å². The normalized spacial score (nSPS) is 18.8. The third-order valence-electron chi connectivity index (χ3n) is 8.18. The molecule has 0 bridgehead atoms. The van der Waals surface area contributed by atoms with E-state index in [-0.39, 0.29) is 11.4 Å². The molecule has 1 saturated carbocycles. The van der Waals surface area contributed by atoms with Crippen molar-refractivity contribution in [3.05, 3.63) is 47.1 Å². The second-order valence-corrected chi connectivity index (χ2v) is 11.0. The van der Waals surface area contributed by atoms with Crippen LogP contribution in [0, 0.1) is 0 Å². The molecule has 2 aromatic heterocycles. The Balaban J connectivity index is 1.40. The van der Waals surface area contributed by atoms with Crippen LogP contribution in [0.25, 0.3) is 16.7 Å².